The topological polar surface area (TPSA) is 105 Å². The van der Waals surface area contributed by atoms with Gasteiger partial charge in [-0.3, -0.25) is 0 Å². The molecule has 1 rings (SSSR count). The Hall–Kier alpha value is 0.260. The van der Waals surface area contributed by atoms with E-state index in [0.29, 0.717) is 0 Å². The van der Waals surface area contributed by atoms with Crippen LogP contribution in [-0.4, -0.2) is 48.6 Å². The summed E-state index contributed by atoms with van der Waals surface area (Å²) in [5, 5.41) is 0. The molecule has 194 valence electrons. The summed E-state index contributed by atoms with van der Waals surface area (Å²) in [6.45, 7) is 0. The number of carbonyl (C=O) groups excluding carboxylic acids is 4. The molecular weight excluding hydrogens is 1310 g/mol. The van der Waals surface area contributed by atoms with Crippen LogP contribution in [0, 0.1) is 0 Å². The van der Waals surface area contributed by atoms with Gasteiger partial charge in [0.25, 0.3) is 0 Å². The third-order valence-corrected chi connectivity index (χ3v) is 50.4. The first-order valence-electron chi connectivity index (χ1n) is 8.93. The molecular formula is C13H2F12Hg4O8. The van der Waals surface area contributed by atoms with Gasteiger partial charge in [0, 0.05) is 0 Å². The van der Waals surface area contributed by atoms with E-state index >= 15 is 0 Å². The molecule has 8 nitrogen and oxygen atoms in total. The summed E-state index contributed by atoms with van der Waals surface area (Å²) in [6, 6.07) is 0. The van der Waals surface area contributed by atoms with Gasteiger partial charge in [0.1, 0.15) is 0 Å². The number of carbonyl (C=O) groups is 4. The standard InChI is InChI=1S/C5H2.4C2HF3O2.4Hg/c1-2-4-5-3-1;4*3-2(4,5)1(6)7;;;;/h1H2;4*(H,6,7);;;;/q;;;;;4*+1/p-4. The normalized spacial score (nSPS) is 14.2. The molecule has 0 amide bonds. The van der Waals surface area contributed by atoms with E-state index < -0.39 is 161 Å². The zero-order chi connectivity index (χ0) is 29.0. The molecule has 0 aromatic carbocycles. The fourth-order valence-electron chi connectivity index (χ4n) is 2.46. The second kappa shape index (κ2) is 13.7. The molecule has 0 aromatic rings. The van der Waals surface area contributed by atoms with Crippen LogP contribution < -0.4 is 0 Å². The fourth-order valence-corrected chi connectivity index (χ4v) is 55.3. The van der Waals surface area contributed by atoms with Gasteiger partial charge in [-0.25, -0.2) is 0 Å². The molecule has 0 aromatic heterocycles. The first-order chi connectivity index (χ1) is 16.5. The summed E-state index contributed by atoms with van der Waals surface area (Å²) in [6.07, 6.45) is -22.7. The van der Waals surface area contributed by atoms with Gasteiger partial charge in [-0.15, -0.1) is 0 Å². The second-order valence-electron chi connectivity index (χ2n) is 6.64. The van der Waals surface area contributed by atoms with Gasteiger partial charge in [-0.05, 0) is 0 Å². The SMILES string of the molecule is O=C([O][Hg][C]1=[C]([Hg][O]C(=O)C(F)(F)F)[C]([Hg][O]C(=O)C(F)(F)F)=[C]([Hg][O]C(=O)C(F)(F)F)C1)C(F)(F)F. The molecule has 0 aliphatic heterocycles. The number of alkyl halides is 12. The summed E-state index contributed by atoms with van der Waals surface area (Å²) < 4.78 is 165. The number of allylic oxidation sites excluding steroid dienone is 4. The third-order valence-electron chi connectivity index (χ3n) is 4.02. The molecule has 0 spiro atoms. The van der Waals surface area contributed by atoms with Crippen molar-refractivity contribution in [1.82, 2.24) is 0 Å². The Bertz CT molecular complexity index is 918. The predicted octanol–water partition coefficient (Wildman–Crippen LogP) is 3.23. The van der Waals surface area contributed by atoms with E-state index in [1.165, 1.54) is 0 Å². The van der Waals surface area contributed by atoms with Gasteiger partial charge in [0.15, 0.2) is 0 Å². The van der Waals surface area contributed by atoms with Gasteiger partial charge in [-0.2, -0.15) is 0 Å². The second-order valence-corrected chi connectivity index (χ2v) is 27.7. The average molecular weight is 1320 g/mol. The Morgan fingerprint density at radius 3 is 0.892 bits per heavy atom. The van der Waals surface area contributed by atoms with Crippen molar-refractivity contribution in [3.63, 3.8) is 0 Å². The van der Waals surface area contributed by atoms with Crippen molar-refractivity contribution in [1.29, 1.82) is 0 Å². The molecule has 1 aliphatic carbocycles. The Kier molecular flexibility index (Phi) is 13.1. The number of hydrogen-bond donors (Lipinski definition) is 0. The first kappa shape index (κ1) is 35.3. The summed E-state index contributed by atoms with van der Waals surface area (Å²) in [4.78, 5) is 44.3. The number of rotatable bonds is 8. The van der Waals surface area contributed by atoms with Crippen molar-refractivity contribution in [2.24, 2.45) is 0 Å². The van der Waals surface area contributed by atoms with Crippen LogP contribution in [0.3, 0.4) is 0 Å². The van der Waals surface area contributed by atoms with Crippen molar-refractivity contribution < 1.29 is 183 Å². The molecule has 0 saturated carbocycles. The van der Waals surface area contributed by atoms with E-state index in [1.54, 1.807) is 0 Å². The summed E-state index contributed by atoms with van der Waals surface area (Å²) in [5.41, 5.74) is 0. The van der Waals surface area contributed by atoms with E-state index in [1.807, 2.05) is 0 Å². The molecule has 0 bridgehead atoms. The van der Waals surface area contributed by atoms with Crippen LogP contribution in [0.15, 0.2) is 12.3 Å². The molecule has 0 atom stereocenters. The number of hydrogen-bond acceptors (Lipinski definition) is 8. The van der Waals surface area contributed by atoms with E-state index in [-0.39, 0.29) is 6.16 Å². The molecule has 0 unspecified atom stereocenters. The summed E-state index contributed by atoms with van der Waals surface area (Å²) in [5.74, 6) is -10.9. The van der Waals surface area contributed by atoms with E-state index in [2.05, 4.69) is 10.6 Å². The molecule has 0 fully saturated rings. The van der Waals surface area contributed by atoms with Crippen molar-refractivity contribution in [2.75, 3.05) is 0 Å². The monoisotopic (exact) mass is 1320 g/mol. The molecule has 24 heteroatoms. The number of halogens is 12. The van der Waals surface area contributed by atoms with E-state index in [0.717, 1.165) is 0 Å². The van der Waals surface area contributed by atoms with Crippen LogP contribution in [0.4, 0.5) is 52.7 Å². The molecule has 0 saturated heterocycles. The van der Waals surface area contributed by atoms with Crippen LogP contribution >= 0.6 is 0 Å². The zero-order valence-corrected chi connectivity index (χ0v) is 39.3. The van der Waals surface area contributed by atoms with Crippen LogP contribution in [-0.2, 0) is 130 Å². The van der Waals surface area contributed by atoms with Gasteiger partial charge in [0.2, 0.25) is 0 Å². The Labute approximate surface area is 247 Å². The summed E-state index contributed by atoms with van der Waals surface area (Å²) >= 11 is -15.4. The van der Waals surface area contributed by atoms with Crippen molar-refractivity contribution in [2.45, 2.75) is 31.1 Å². The van der Waals surface area contributed by atoms with Gasteiger partial charge >= 0.3 is 250 Å². The average Bonchev–Trinajstić information content (AvgIpc) is 3.05. The van der Waals surface area contributed by atoms with Crippen LogP contribution in [0.5, 0.6) is 0 Å². The zero-order valence-electron chi connectivity index (χ0n) is 17.3. The molecule has 0 radical (unpaired) electrons. The van der Waals surface area contributed by atoms with Crippen molar-refractivity contribution in [3.05, 3.63) is 12.3 Å². The minimum atomic E-state index is -5.53. The van der Waals surface area contributed by atoms with Crippen LogP contribution in [0.1, 0.15) is 6.42 Å². The maximum absolute atomic E-state index is 12.5. The van der Waals surface area contributed by atoms with Crippen molar-refractivity contribution >= 4 is 23.9 Å². The quantitative estimate of drug-likeness (QED) is 0.270. The molecule has 0 heterocycles. The van der Waals surface area contributed by atoms with E-state index in [4.69, 9.17) is 0 Å². The molecule has 0 N–H and O–H groups in total. The molecule has 1 aliphatic rings. The predicted molar refractivity (Wildman–Crippen MR) is 67.3 cm³/mol. The maximum atomic E-state index is 12.5. The summed E-state index contributed by atoms with van der Waals surface area (Å²) in [7, 11) is 0. The first-order valence-corrected chi connectivity index (χ1v) is 28.9. The van der Waals surface area contributed by atoms with Crippen LogP contribution in [0.2, 0.25) is 0 Å². The Balaban J connectivity index is 3.37. The fraction of sp³-hybridized carbons (Fsp3) is 0.385. The minimum absolute atomic E-state index is 0.287. The Morgan fingerprint density at radius 1 is 0.459 bits per heavy atom. The van der Waals surface area contributed by atoms with Crippen LogP contribution in [0.25, 0.3) is 0 Å². The Morgan fingerprint density at radius 2 is 0.676 bits per heavy atom. The van der Waals surface area contributed by atoms with Gasteiger partial charge in [0.05, 0.1) is 0 Å². The van der Waals surface area contributed by atoms with Gasteiger partial charge < -0.3 is 0 Å². The third kappa shape index (κ3) is 11.7. The molecule has 37 heavy (non-hydrogen) atoms. The van der Waals surface area contributed by atoms with Gasteiger partial charge in [-0.1, -0.05) is 0 Å². The van der Waals surface area contributed by atoms with Crippen molar-refractivity contribution in [3.8, 4) is 0 Å². The van der Waals surface area contributed by atoms with E-state index in [9.17, 15) is 71.9 Å².